The number of rotatable bonds is 6. The summed E-state index contributed by atoms with van der Waals surface area (Å²) in [5.41, 5.74) is 1.44. The maximum atomic E-state index is 6.63. The van der Waals surface area contributed by atoms with Crippen molar-refractivity contribution < 1.29 is 3.07 Å². The van der Waals surface area contributed by atoms with Crippen molar-refractivity contribution in [1.82, 2.24) is 0 Å². The van der Waals surface area contributed by atoms with Crippen LogP contribution in [0.1, 0.15) is 45.1 Å². The Bertz CT molecular complexity index is 367. The van der Waals surface area contributed by atoms with Crippen molar-refractivity contribution in [3.05, 3.63) is 29.8 Å². The molecular weight excluding hydrogens is 327 g/mol. The summed E-state index contributed by atoms with van der Waals surface area (Å²) < 4.78 is 10.9. The summed E-state index contributed by atoms with van der Waals surface area (Å²) in [6, 6.07) is 8.70. The molecule has 0 unspecified atom stereocenters. The summed E-state index contributed by atoms with van der Waals surface area (Å²) in [5, 5.41) is 0. The monoisotopic (exact) mass is 354 g/mol. The number of hydrogen-bond acceptors (Lipinski definition) is 1. The third kappa shape index (κ3) is 3.43. The first-order valence-electron chi connectivity index (χ1n) is 7.56. The third-order valence-electron chi connectivity index (χ3n) is 4.12. The van der Waals surface area contributed by atoms with E-state index in [9.17, 15) is 0 Å². The van der Waals surface area contributed by atoms with Crippen molar-refractivity contribution in [2.45, 2.75) is 59.3 Å². The molecule has 1 aliphatic rings. The molecule has 100 valence electrons. The number of benzene rings is 1. The Kier molecular flexibility index (Phi) is 5.40. The molecule has 0 saturated heterocycles. The van der Waals surface area contributed by atoms with Crippen LogP contribution in [0.25, 0.3) is 0 Å². The molecule has 0 aliphatic carbocycles. The van der Waals surface area contributed by atoms with Gasteiger partial charge in [-0.1, -0.05) is 0 Å². The van der Waals surface area contributed by atoms with Gasteiger partial charge in [0, 0.05) is 0 Å². The van der Waals surface area contributed by atoms with E-state index in [4.69, 9.17) is 3.07 Å². The molecule has 2 rings (SSSR count). The molecule has 0 atom stereocenters. The molecule has 1 aromatic rings. The summed E-state index contributed by atoms with van der Waals surface area (Å²) in [4.78, 5) is 0. The van der Waals surface area contributed by atoms with Crippen LogP contribution in [0.3, 0.4) is 0 Å². The minimum absolute atomic E-state index is 1.23. The molecule has 0 bridgehead atoms. The SMILES string of the molecule is CCC[CH2][Sn]1([CH2]CCC)[CH2]Cc2ccccc2[O]1. The fraction of sp³-hybridized carbons (Fsp3) is 0.625. The molecule has 0 aromatic heterocycles. The first kappa shape index (κ1) is 14.2. The van der Waals surface area contributed by atoms with Crippen LogP contribution in [0.4, 0.5) is 0 Å². The predicted molar refractivity (Wildman–Crippen MR) is 80.8 cm³/mol. The average Bonchev–Trinajstić information content (AvgIpc) is 2.43. The van der Waals surface area contributed by atoms with E-state index >= 15 is 0 Å². The van der Waals surface area contributed by atoms with Gasteiger partial charge in [0.1, 0.15) is 0 Å². The van der Waals surface area contributed by atoms with Gasteiger partial charge in [-0.15, -0.1) is 0 Å². The molecule has 1 nitrogen and oxygen atoms in total. The zero-order valence-electron chi connectivity index (χ0n) is 11.9. The van der Waals surface area contributed by atoms with E-state index < -0.39 is 18.8 Å². The van der Waals surface area contributed by atoms with Gasteiger partial charge in [-0.2, -0.15) is 0 Å². The standard InChI is InChI=1S/C8H9O.2C4H9.Sn/c1-2-7-5-3-4-6-8(7)9;2*1-3-4-2;/h3-6,9H,1-2H2;2*1,3-4H2,2H3;/q;;;+1/p-1. The molecule has 0 saturated carbocycles. The summed E-state index contributed by atoms with van der Waals surface area (Å²) in [6.07, 6.45) is 6.66. The van der Waals surface area contributed by atoms with Crippen LogP contribution in [-0.2, 0) is 6.42 Å². The van der Waals surface area contributed by atoms with Crippen LogP contribution in [0, 0.1) is 0 Å². The Labute approximate surface area is 116 Å². The Morgan fingerprint density at radius 1 is 1.06 bits per heavy atom. The van der Waals surface area contributed by atoms with Gasteiger partial charge in [-0.05, 0) is 0 Å². The van der Waals surface area contributed by atoms with E-state index in [1.807, 2.05) is 0 Å². The van der Waals surface area contributed by atoms with Gasteiger partial charge in [0.15, 0.2) is 0 Å². The van der Waals surface area contributed by atoms with Gasteiger partial charge in [-0.3, -0.25) is 0 Å². The van der Waals surface area contributed by atoms with Gasteiger partial charge in [0.2, 0.25) is 0 Å². The number of para-hydroxylation sites is 1. The Morgan fingerprint density at radius 2 is 1.72 bits per heavy atom. The molecule has 1 aromatic carbocycles. The zero-order chi connectivity index (χ0) is 12.8. The van der Waals surface area contributed by atoms with E-state index in [2.05, 4.69) is 38.1 Å². The van der Waals surface area contributed by atoms with Crippen LogP contribution in [0.2, 0.25) is 13.3 Å². The number of hydrogen-bond donors (Lipinski definition) is 0. The van der Waals surface area contributed by atoms with Crippen molar-refractivity contribution >= 4 is 18.8 Å². The fourth-order valence-electron chi connectivity index (χ4n) is 2.93. The van der Waals surface area contributed by atoms with E-state index in [1.165, 1.54) is 56.7 Å². The molecular formula is C16H26OSn. The van der Waals surface area contributed by atoms with Crippen molar-refractivity contribution in [2.24, 2.45) is 0 Å². The van der Waals surface area contributed by atoms with E-state index in [1.54, 1.807) is 0 Å². The molecule has 0 fully saturated rings. The molecule has 0 spiro atoms. The number of fused-ring (bicyclic) bond motifs is 1. The van der Waals surface area contributed by atoms with Gasteiger partial charge in [-0.25, -0.2) is 0 Å². The molecule has 1 aliphatic heterocycles. The van der Waals surface area contributed by atoms with E-state index in [-0.39, 0.29) is 0 Å². The second-order valence-electron chi connectivity index (χ2n) is 5.60. The Morgan fingerprint density at radius 3 is 2.39 bits per heavy atom. The second kappa shape index (κ2) is 6.83. The summed E-state index contributed by atoms with van der Waals surface area (Å²) in [6.45, 7) is 4.60. The first-order valence-corrected chi connectivity index (χ1v) is 14.8. The molecule has 0 N–H and O–H groups in total. The minimum atomic E-state index is -2.30. The number of aryl methyl sites for hydroxylation is 1. The summed E-state index contributed by atoms with van der Waals surface area (Å²) in [5.74, 6) is 1.23. The Hall–Kier alpha value is -0.181. The van der Waals surface area contributed by atoms with Crippen LogP contribution < -0.4 is 3.07 Å². The van der Waals surface area contributed by atoms with Gasteiger partial charge < -0.3 is 0 Å². The predicted octanol–water partition coefficient (Wildman–Crippen LogP) is 5.17. The van der Waals surface area contributed by atoms with Crippen LogP contribution >= 0.6 is 0 Å². The quantitative estimate of drug-likeness (QED) is 0.642. The molecule has 0 amide bonds. The van der Waals surface area contributed by atoms with Crippen LogP contribution in [0.15, 0.2) is 24.3 Å². The zero-order valence-corrected chi connectivity index (χ0v) is 14.7. The van der Waals surface area contributed by atoms with E-state index in [0.717, 1.165) is 0 Å². The molecule has 2 heteroatoms. The second-order valence-corrected chi connectivity index (χ2v) is 17.2. The van der Waals surface area contributed by atoms with Gasteiger partial charge >= 0.3 is 117 Å². The molecule has 1 heterocycles. The van der Waals surface area contributed by atoms with E-state index in [0.29, 0.717) is 0 Å². The van der Waals surface area contributed by atoms with Crippen LogP contribution in [-0.4, -0.2) is 18.8 Å². The summed E-state index contributed by atoms with van der Waals surface area (Å²) in [7, 11) is 0. The molecule has 18 heavy (non-hydrogen) atoms. The van der Waals surface area contributed by atoms with Gasteiger partial charge in [0.05, 0.1) is 0 Å². The normalized spacial score (nSPS) is 17.0. The topological polar surface area (TPSA) is 9.23 Å². The van der Waals surface area contributed by atoms with Crippen molar-refractivity contribution in [1.29, 1.82) is 0 Å². The summed E-state index contributed by atoms with van der Waals surface area (Å²) >= 11 is -2.30. The fourth-order valence-corrected chi connectivity index (χ4v) is 15.6. The van der Waals surface area contributed by atoms with Crippen molar-refractivity contribution in [2.75, 3.05) is 0 Å². The molecule has 0 radical (unpaired) electrons. The van der Waals surface area contributed by atoms with Crippen molar-refractivity contribution in [3.63, 3.8) is 0 Å². The third-order valence-corrected chi connectivity index (χ3v) is 16.5. The van der Waals surface area contributed by atoms with Gasteiger partial charge in [0.25, 0.3) is 0 Å². The number of unbranched alkanes of at least 4 members (excludes halogenated alkanes) is 2. The van der Waals surface area contributed by atoms with Crippen LogP contribution in [0.5, 0.6) is 5.75 Å². The maximum absolute atomic E-state index is 6.63. The van der Waals surface area contributed by atoms with Crippen molar-refractivity contribution in [3.8, 4) is 5.75 Å². The average molecular weight is 353 g/mol. The first-order chi connectivity index (χ1) is 8.79. The Balaban J connectivity index is 2.11.